The predicted octanol–water partition coefficient (Wildman–Crippen LogP) is 3.25. The van der Waals surface area contributed by atoms with Gasteiger partial charge in [-0.3, -0.25) is 9.78 Å². The number of nitrogens with zero attached hydrogens (tertiary/aromatic N) is 2. The minimum absolute atomic E-state index is 0.110. The predicted molar refractivity (Wildman–Crippen MR) is 86.1 cm³/mol. The minimum atomic E-state index is -0.195. The van der Waals surface area contributed by atoms with E-state index in [4.69, 9.17) is 4.74 Å². The van der Waals surface area contributed by atoms with Crippen molar-refractivity contribution >= 4 is 11.6 Å². The third-order valence-corrected chi connectivity index (χ3v) is 3.97. The summed E-state index contributed by atoms with van der Waals surface area (Å²) in [5.74, 6) is 0.890. The largest absolute Gasteiger partial charge is 0.490 e. The van der Waals surface area contributed by atoms with Crippen LogP contribution in [0.5, 0.6) is 5.75 Å². The SMILES string of the molecule is CC(C)C(C(=O)N1CCOc2ccccc21)c1cccnc1. The molecular weight excluding hydrogens is 276 g/mol. The van der Waals surface area contributed by atoms with E-state index >= 15 is 0 Å². The Labute approximate surface area is 130 Å². The summed E-state index contributed by atoms with van der Waals surface area (Å²) in [4.78, 5) is 19.2. The first-order valence-corrected chi connectivity index (χ1v) is 7.61. The molecule has 3 rings (SSSR count). The molecule has 0 N–H and O–H groups in total. The van der Waals surface area contributed by atoms with Crippen molar-refractivity contribution in [3.63, 3.8) is 0 Å². The standard InChI is InChI=1S/C18H20N2O2/c1-13(2)17(14-6-5-9-19-12-14)18(21)20-10-11-22-16-8-4-3-7-15(16)20/h3-9,12-13,17H,10-11H2,1-2H3. The van der Waals surface area contributed by atoms with Crippen LogP contribution in [0.1, 0.15) is 25.3 Å². The summed E-state index contributed by atoms with van der Waals surface area (Å²) >= 11 is 0. The number of carbonyl (C=O) groups excluding carboxylic acids is 1. The van der Waals surface area contributed by atoms with Crippen molar-refractivity contribution in [2.75, 3.05) is 18.1 Å². The van der Waals surface area contributed by atoms with Crippen LogP contribution in [0.2, 0.25) is 0 Å². The molecule has 0 saturated heterocycles. The smallest absolute Gasteiger partial charge is 0.235 e. The van der Waals surface area contributed by atoms with E-state index in [1.807, 2.05) is 41.3 Å². The Bertz CT molecular complexity index is 655. The highest BCUT2D eigenvalue weighted by atomic mass is 16.5. The molecule has 0 radical (unpaired) electrons. The molecule has 2 aromatic rings. The lowest BCUT2D eigenvalue weighted by Crippen LogP contribution is -2.42. The molecule has 1 atom stereocenters. The molecule has 2 heterocycles. The van der Waals surface area contributed by atoms with Gasteiger partial charge in [-0.05, 0) is 29.7 Å². The number of aromatic nitrogens is 1. The van der Waals surface area contributed by atoms with Crippen LogP contribution >= 0.6 is 0 Å². The van der Waals surface area contributed by atoms with Crippen molar-refractivity contribution in [3.05, 3.63) is 54.4 Å². The molecule has 114 valence electrons. The van der Waals surface area contributed by atoms with Gasteiger partial charge >= 0.3 is 0 Å². The zero-order chi connectivity index (χ0) is 15.5. The summed E-state index contributed by atoms with van der Waals surface area (Å²) in [6.45, 7) is 5.25. The lowest BCUT2D eigenvalue weighted by atomic mass is 9.88. The van der Waals surface area contributed by atoms with Gasteiger partial charge in [0.05, 0.1) is 18.2 Å². The number of fused-ring (bicyclic) bond motifs is 1. The van der Waals surface area contributed by atoms with Crippen molar-refractivity contribution in [3.8, 4) is 5.75 Å². The van der Waals surface area contributed by atoms with Crippen LogP contribution in [-0.2, 0) is 4.79 Å². The quantitative estimate of drug-likeness (QED) is 0.873. The number of anilines is 1. The fraction of sp³-hybridized carbons (Fsp3) is 0.333. The third-order valence-electron chi connectivity index (χ3n) is 3.97. The number of hydrogen-bond donors (Lipinski definition) is 0. The highest BCUT2D eigenvalue weighted by molar-refractivity contribution is 5.99. The number of benzene rings is 1. The zero-order valence-corrected chi connectivity index (χ0v) is 12.9. The van der Waals surface area contributed by atoms with Crippen LogP contribution in [0.3, 0.4) is 0 Å². The molecule has 22 heavy (non-hydrogen) atoms. The van der Waals surface area contributed by atoms with Crippen LogP contribution in [0, 0.1) is 5.92 Å². The summed E-state index contributed by atoms with van der Waals surface area (Å²) in [5, 5.41) is 0. The van der Waals surface area contributed by atoms with Crippen molar-refractivity contribution < 1.29 is 9.53 Å². The van der Waals surface area contributed by atoms with E-state index in [0.717, 1.165) is 17.0 Å². The number of rotatable bonds is 3. The highest BCUT2D eigenvalue weighted by Crippen LogP contribution is 2.35. The summed E-state index contributed by atoms with van der Waals surface area (Å²) in [6.07, 6.45) is 3.52. The first kappa shape index (κ1) is 14.6. The monoisotopic (exact) mass is 296 g/mol. The average Bonchev–Trinajstić information content (AvgIpc) is 2.55. The fourth-order valence-electron chi connectivity index (χ4n) is 2.94. The molecule has 0 saturated carbocycles. The molecule has 4 nitrogen and oxygen atoms in total. The van der Waals surface area contributed by atoms with E-state index in [-0.39, 0.29) is 17.7 Å². The van der Waals surface area contributed by atoms with E-state index in [1.54, 1.807) is 12.4 Å². The Morgan fingerprint density at radius 1 is 1.23 bits per heavy atom. The number of para-hydroxylation sites is 2. The summed E-state index contributed by atoms with van der Waals surface area (Å²) < 4.78 is 5.64. The van der Waals surface area contributed by atoms with Crippen molar-refractivity contribution in [2.45, 2.75) is 19.8 Å². The van der Waals surface area contributed by atoms with Crippen LogP contribution in [0.4, 0.5) is 5.69 Å². The first-order valence-electron chi connectivity index (χ1n) is 7.61. The van der Waals surface area contributed by atoms with E-state index in [9.17, 15) is 4.79 Å². The van der Waals surface area contributed by atoms with Gasteiger partial charge in [0.25, 0.3) is 0 Å². The Hall–Kier alpha value is -2.36. The van der Waals surface area contributed by atoms with Gasteiger partial charge in [-0.25, -0.2) is 0 Å². The van der Waals surface area contributed by atoms with Gasteiger partial charge in [-0.2, -0.15) is 0 Å². The summed E-state index contributed by atoms with van der Waals surface area (Å²) in [6, 6.07) is 11.6. The molecule has 1 unspecified atom stereocenters. The third kappa shape index (κ3) is 2.69. The van der Waals surface area contributed by atoms with Gasteiger partial charge in [0.1, 0.15) is 12.4 Å². The second kappa shape index (κ2) is 6.18. The second-order valence-corrected chi connectivity index (χ2v) is 5.81. The number of carbonyl (C=O) groups is 1. The van der Waals surface area contributed by atoms with Gasteiger partial charge in [0, 0.05) is 12.4 Å². The van der Waals surface area contributed by atoms with E-state index in [0.29, 0.717) is 13.2 Å². The van der Waals surface area contributed by atoms with Gasteiger partial charge in [0.2, 0.25) is 5.91 Å². The van der Waals surface area contributed by atoms with E-state index in [1.165, 1.54) is 0 Å². The highest BCUT2D eigenvalue weighted by Gasteiger charge is 2.32. The molecule has 0 aliphatic carbocycles. The van der Waals surface area contributed by atoms with Crippen LogP contribution in [0.15, 0.2) is 48.8 Å². The Morgan fingerprint density at radius 3 is 2.77 bits per heavy atom. The maximum atomic E-state index is 13.1. The van der Waals surface area contributed by atoms with Gasteiger partial charge in [-0.15, -0.1) is 0 Å². The Kier molecular flexibility index (Phi) is 4.09. The topological polar surface area (TPSA) is 42.4 Å². The molecule has 4 heteroatoms. The fourth-order valence-corrected chi connectivity index (χ4v) is 2.94. The molecule has 1 aromatic carbocycles. The van der Waals surface area contributed by atoms with Crippen molar-refractivity contribution in [2.24, 2.45) is 5.92 Å². The summed E-state index contributed by atoms with van der Waals surface area (Å²) in [5.41, 5.74) is 1.82. The zero-order valence-electron chi connectivity index (χ0n) is 12.9. The second-order valence-electron chi connectivity index (χ2n) is 5.81. The molecule has 0 spiro atoms. The molecule has 1 aliphatic heterocycles. The molecule has 1 aliphatic rings. The average molecular weight is 296 g/mol. The maximum Gasteiger partial charge on any atom is 0.235 e. The van der Waals surface area contributed by atoms with Crippen molar-refractivity contribution in [1.29, 1.82) is 0 Å². The molecule has 0 fully saturated rings. The van der Waals surface area contributed by atoms with Crippen LogP contribution in [0.25, 0.3) is 0 Å². The number of pyridine rings is 1. The first-order chi connectivity index (χ1) is 10.7. The Balaban J connectivity index is 1.96. The molecule has 1 amide bonds. The normalized spacial score (nSPS) is 15.1. The van der Waals surface area contributed by atoms with Gasteiger partial charge < -0.3 is 9.64 Å². The van der Waals surface area contributed by atoms with Gasteiger partial charge in [0.15, 0.2) is 0 Å². The lowest BCUT2D eigenvalue weighted by molar-refractivity contribution is -0.121. The van der Waals surface area contributed by atoms with Crippen LogP contribution in [-0.4, -0.2) is 24.0 Å². The molecule has 1 aromatic heterocycles. The minimum Gasteiger partial charge on any atom is -0.490 e. The Morgan fingerprint density at radius 2 is 2.05 bits per heavy atom. The van der Waals surface area contributed by atoms with E-state index < -0.39 is 0 Å². The maximum absolute atomic E-state index is 13.1. The van der Waals surface area contributed by atoms with E-state index in [2.05, 4.69) is 18.8 Å². The molecular formula is C18H20N2O2. The van der Waals surface area contributed by atoms with Gasteiger partial charge in [-0.1, -0.05) is 32.0 Å². The van der Waals surface area contributed by atoms with Crippen LogP contribution < -0.4 is 9.64 Å². The molecule has 0 bridgehead atoms. The number of ether oxygens (including phenoxy) is 1. The summed E-state index contributed by atoms with van der Waals surface area (Å²) in [7, 11) is 0. The number of amides is 1. The van der Waals surface area contributed by atoms with Crippen molar-refractivity contribution in [1.82, 2.24) is 4.98 Å². The number of hydrogen-bond acceptors (Lipinski definition) is 3. The lowest BCUT2D eigenvalue weighted by Gasteiger charge is -2.33.